The van der Waals surface area contributed by atoms with Gasteiger partial charge in [0.05, 0.1) is 0 Å². The molecule has 0 aliphatic heterocycles. The summed E-state index contributed by atoms with van der Waals surface area (Å²) in [5.41, 5.74) is 7.42. The summed E-state index contributed by atoms with van der Waals surface area (Å²) in [5, 5.41) is 0. The van der Waals surface area contributed by atoms with Gasteiger partial charge in [-0.1, -0.05) is 47.6 Å². The first-order valence-corrected chi connectivity index (χ1v) is 7.08. The molecule has 0 nitrogen and oxygen atoms in total. The van der Waals surface area contributed by atoms with E-state index in [0.29, 0.717) is 11.8 Å². The highest BCUT2D eigenvalue weighted by atomic mass is 14.3. The maximum Gasteiger partial charge on any atom is 0.00240 e. The third-order valence-electron chi connectivity index (χ3n) is 4.79. The summed E-state index contributed by atoms with van der Waals surface area (Å²) < 4.78 is 0. The fraction of sp³-hybridized carbons (Fsp3) is 0.368. The Hall–Kier alpha value is -1.56. The SMILES string of the molecule is C=CC(CC1C(C)=C(C)C(C)=C1C)c1ccccc1. The third-order valence-corrected chi connectivity index (χ3v) is 4.79. The van der Waals surface area contributed by atoms with Crippen LogP contribution in [0, 0.1) is 5.92 Å². The molecular weight excluding hydrogens is 228 g/mol. The Morgan fingerprint density at radius 2 is 1.53 bits per heavy atom. The zero-order valence-electron chi connectivity index (χ0n) is 12.5. The monoisotopic (exact) mass is 252 g/mol. The Balaban J connectivity index is 2.24. The Morgan fingerprint density at radius 3 is 2.00 bits per heavy atom. The fourth-order valence-electron chi connectivity index (χ4n) is 3.12. The molecule has 0 saturated carbocycles. The van der Waals surface area contributed by atoms with E-state index in [1.807, 2.05) is 0 Å². The summed E-state index contributed by atoms with van der Waals surface area (Å²) in [4.78, 5) is 0. The van der Waals surface area contributed by atoms with Crippen molar-refractivity contribution >= 4 is 0 Å². The van der Waals surface area contributed by atoms with Crippen LogP contribution >= 0.6 is 0 Å². The summed E-state index contributed by atoms with van der Waals surface area (Å²) in [6, 6.07) is 10.7. The van der Waals surface area contributed by atoms with Gasteiger partial charge in [-0.05, 0) is 50.8 Å². The topological polar surface area (TPSA) is 0 Å². The second kappa shape index (κ2) is 5.61. The normalized spacial score (nSPS) is 18.1. The molecule has 1 aromatic carbocycles. The van der Waals surface area contributed by atoms with Crippen molar-refractivity contribution in [2.75, 3.05) is 0 Å². The van der Waals surface area contributed by atoms with Crippen LogP contribution in [0.25, 0.3) is 0 Å². The number of hydrogen-bond acceptors (Lipinski definition) is 0. The van der Waals surface area contributed by atoms with Crippen LogP contribution < -0.4 is 0 Å². The van der Waals surface area contributed by atoms with Gasteiger partial charge in [-0.25, -0.2) is 0 Å². The van der Waals surface area contributed by atoms with E-state index in [1.54, 1.807) is 0 Å². The lowest BCUT2D eigenvalue weighted by Gasteiger charge is -2.21. The zero-order chi connectivity index (χ0) is 14.0. The van der Waals surface area contributed by atoms with Crippen LogP contribution in [0.3, 0.4) is 0 Å². The van der Waals surface area contributed by atoms with Crippen molar-refractivity contribution in [1.29, 1.82) is 0 Å². The van der Waals surface area contributed by atoms with E-state index in [1.165, 1.54) is 27.9 Å². The molecule has 0 heterocycles. The van der Waals surface area contributed by atoms with Crippen molar-refractivity contribution < 1.29 is 0 Å². The maximum atomic E-state index is 4.04. The molecule has 1 aromatic rings. The highest BCUT2D eigenvalue weighted by Gasteiger charge is 2.26. The second-order valence-corrected chi connectivity index (χ2v) is 5.66. The van der Waals surface area contributed by atoms with Crippen LogP contribution in [0.1, 0.15) is 45.6 Å². The molecule has 0 N–H and O–H groups in total. The summed E-state index contributed by atoms with van der Waals surface area (Å²) in [6.07, 6.45) is 3.23. The van der Waals surface area contributed by atoms with E-state index >= 15 is 0 Å². The van der Waals surface area contributed by atoms with Crippen molar-refractivity contribution in [2.24, 2.45) is 5.92 Å². The molecule has 0 heteroatoms. The molecular formula is C19H24. The first kappa shape index (κ1) is 13.9. The molecule has 0 spiro atoms. The molecule has 0 aromatic heterocycles. The average Bonchev–Trinajstić information content (AvgIpc) is 2.62. The van der Waals surface area contributed by atoms with Crippen molar-refractivity contribution in [3.8, 4) is 0 Å². The standard InChI is InChI=1S/C19H24/c1-6-17(18-10-8-7-9-11-18)12-19-15(4)13(2)14(3)16(19)5/h6-11,17,19H,1,12H2,2-5H3. The van der Waals surface area contributed by atoms with E-state index in [0.717, 1.165) is 6.42 Å². The highest BCUT2D eigenvalue weighted by Crippen LogP contribution is 2.41. The minimum absolute atomic E-state index is 0.440. The first-order valence-electron chi connectivity index (χ1n) is 7.08. The fourth-order valence-corrected chi connectivity index (χ4v) is 3.12. The minimum atomic E-state index is 0.440. The van der Waals surface area contributed by atoms with Gasteiger partial charge in [0.1, 0.15) is 0 Å². The molecule has 0 saturated heterocycles. The van der Waals surface area contributed by atoms with Gasteiger partial charge in [0, 0.05) is 11.8 Å². The largest absolute Gasteiger partial charge is 0.102 e. The van der Waals surface area contributed by atoms with Gasteiger partial charge in [-0.3, -0.25) is 0 Å². The molecule has 19 heavy (non-hydrogen) atoms. The van der Waals surface area contributed by atoms with Crippen LogP contribution in [-0.2, 0) is 0 Å². The number of hydrogen-bond donors (Lipinski definition) is 0. The Labute approximate surface area is 117 Å². The summed E-state index contributed by atoms with van der Waals surface area (Å²) in [7, 11) is 0. The number of rotatable bonds is 4. The smallest absolute Gasteiger partial charge is 0.00240 e. The Kier molecular flexibility index (Phi) is 4.09. The zero-order valence-corrected chi connectivity index (χ0v) is 12.5. The Bertz CT molecular complexity index is 504. The summed E-state index contributed by atoms with van der Waals surface area (Å²) in [5.74, 6) is 1.03. The van der Waals surface area contributed by atoms with Gasteiger partial charge >= 0.3 is 0 Å². The molecule has 1 unspecified atom stereocenters. The van der Waals surface area contributed by atoms with Gasteiger partial charge < -0.3 is 0 Å². The molecule has 0 radical (unpaired) electrons. The van der Waals surface area contributed by atoms with Gasteiger partial charge in [0.2, 0.25) is 0 Å². The molecule has 1 aliphatic carbocycles. The van der Waals surface area contributed by atoms with Gasteiger partial charge in [-0.2, -0.15) is 0 Å². The highest BCUT2D eigenvalue weighted by molar-refractivity contribution is 5.46. The van der Waals surface area contributed by atoms with Crippen molar-refractivity contribution in [2.45, 2.75) is 40.0 Å². The number of allylic oxidation sites excluding steroid dienone is 5. The molecule has 2 rings (SSSR count). The number of benzene rings is 1. The van der Waals surface area contributed by atoms with E-state index in [4.69, 9.17) is 0 Å². The third kappa shape index (κ3) is 2.58. The molecule has 0 fully saturated rings. The van der Waals surface area contributed by atoms with Crippen molar-refractivity contribution in [3.63, 3.8) is 0 Å². The quantitative estimate of drug-likeness (QED) is 0.607. The van der Waals surface area contributed by atoms with E-state index in [-0.39, 0.29) is 0 Å². The first-order chi connectivity index (χ1) is 9.06. The van der Waals surface area contributed by atoms with Crippen LogP contribution in [0.5, 0.6) is 0 Å². The lowest BCUT2D eigenvalue weighted by atomic mass is 9.83. The predicted octanol–water partition coefficient (Wildman–Crippen LogP) is 5.65. The Morgan fingerprint density at radius 1 is 1.00 bits per heavy atom. The van der Waals surface area contributed by atoms with Crippen LogP contribution in [0.4, 0.5) is 0 Å². The summed E-state index contributed by atoms with van der Waals surface area (Å²) in [6.45, 7) is 13.1. The van der Waals surface area contributed by atoms with Gasteiger partial charge in [0.25, 0.3) is 0 Å². The van der Waals surface area contributed by atoms with E-state index in [2.05, 4.69) is 70.7 Å². The average molecular weight is 252 g/mol. The minimum Gasteiger partial charge on any atom is -0.102 e. The van der Waals surface area contributed by atoms with Crippen molar-refractivity contribution in [3.05, 3.63) is 70.8 Å². The lowest BCUT2D eigenvalue weighted by Crippen LogP contribution is -2.07. The second-order valence-electron chi connectivity index (χ2n) is 5.66. The maximum absolute atomic E-state index is 4.04. The molecule has 1 aliphatic rings. The molecule has 100 valence electrons. The molecule has 0 amide bonds. The van der Waals surface area contributed by atoms with E-state index < -0.39 is 0 Å². The van der Waals surface area contributed by atoms with Gasteiger partial charge in [0.15, 0.2) is 0 Å². The summed E-state index contributed by atoms with van der Waals surface area (Å²) >= 11 is 0. The van der Waals surface area contributed by atoms with Crippen LogP contribution in [0.15, 0.2) is 65.3 Å². The molecule has 0 bridgehead atoms. The predicted molar refractivity (Wildman–Crippen MR) is 84.2 cm³/mol. The van der Waals surface area contributed by atoms with Crippen molar-refractivity contribution in [1.82, 2.24) is 0 Å². The lowest BCUT2D eigenvalue weighted by molar-refractivity contribution is 0.602. The van der Waals surface area contributed by atoms with Crippen LogP contribution in [-0.4, -0.2) is 0 Å². The van der Waals surface area contributed by atoms with E-state index in [9.17, 15) is 0 Å². The van der Waals surface area contributed by atoms with Gasteiger partial charge in [-0.15, -0.1) is 6.58 Å². The molecule has 1 atom stereocenters. The van der Waals surface area contributed by atoms with Crippen LogP contribution in [0.2, 0.25) is 0 Å².